The molecule has 2 rings (SSSR count). The van der Waals surface area contributed by atoms with E-state index in [-0.39, 0.29) is 10.6 Å². The molecular weight excluding hydrogens is 267 g/mol. The minimum atomic E-state index is -3.63. The molecule has 0 saturated carbocycles. The van der Waals surface area contributed by atoms with Crippen LogP contribution in [0.2, 0.25) is 0 Å². The number of nitrogen functional groups attached to an aromatic ring is 1. The molecule has 1 heterocycles. The highest BCUT2D eigenvalue weighted by molar-refractivity contribution is 7.89. The van der Waals surface area contributed by atoms with Crippen molar-refractivity contribution in [1.29, 1.82) is 0 Å². The van der Waals surface area contributed by atoms with Crippen LogP contribution in [0.1, 0.15) is 20.3 Å². The fraction of sp³-hybridized carbons (Fsp3) is 0.538. The molecule has 19 heavy (non-hydrogen) atoms. The van der Waals surface area contributed by atoms with Crippen molar-refractivity contribution in [2.75, 3.05) is 18.8 Å². The van der Waals surface area contributed by atoms with E-state index in [2.05, 4.69) is 0 Å². The summed E-state index contributed by atoms with van der Waals surface area (Å²) < 4.78 is 39.8. The summed E-state index contributed by atoms with van der Waals surface area (Å²) in [6.07, 6.45) is 1.02. The Bertz CT molecular complexity index is 564. The third kappa shape index (κ3) is 2.90. The van der Waals surface area contributed by atoms with Crippen LogP contribution < -0.4 is 5.73 Å². The number of piperidine rings is 1. The van der Waals surface area contributed by atoms with Crippen molar-refractivity contribution in [1.82, 2.24) is 4.31 Å². The smallest absolute Gasteiger partial charge is 0.243 e. The van der Waals surface area contributed by atoms with Crippen LogP contribution in [0, 0.1) is 17.7 Å². The van der Waals surface area contributed by atoms with Gasteiger partial charge in [0.15, 0.2) is 0 Å². The standard InChI is InChI=1S/C13H19FN2O2S/c1-9-5-10(2)8-16(7-9)19(17,18)11-3-4-13(15)12(14)6-11/h3-4,6,9-10H,5,7-8,15H2,1-2H3. The lowest BCUT2D eigenvalue weighted by Gasteiger charge is -2.34. The highest BCUT2D eigenvalue weighted by atomic mass is 32.2. The van der Waals surface area contributed by atoms with E-state index >= 15 is 0 Å². The van der Waals surface area contributed by atoms with E-state index < -0.39 is 15.8 Å². The number of halogens is 1. The van der Waals surface area contributed by atoms with Crippen molar-refractivity contribution >= 4 is 15.7 Å². The molecule has 0 radical (unpaired) electrons. The fourth-order valence-electron chi connectivity index (χ4n) is 2.62. The Balaban J connectivity index is 2.33. The van der Waals surface area contributed by atoms with Gasteiger partial charge in [-0.3, -0.25) is 0 Å². The Morgan fingerprint density at radius 2 is 1.84 bits per heavy atom. The monoisotopic (exact) mass is 286 g/mol. The summed E-state index contributed by atoms with van der Waals surface area (Å²) in [7, 11) is -3.63. The minimum absolute atomic E-state index is 0.0273. The molecule has 1 aromatic carbocycles. The molecule has 0 aromatic heterocycles. The molecule has 106 valence electrons. The van der Waals surface area contributed by atoms with E-state index in [1.54, 1.807) is 0 Å². The number of hydrogen-bond donors (Lipinski definition) is 1. The molecular formula is C13H19FN2O2S. The summed E-state index contributed by atoms with van der Waals surface area (Å²) in [5.74, 6) is -0.0616. The Kier molecular flexibility index (Phi) is 3.82. The van der Waals surface area contributed by atoms with Crippen LogP contribution in [0.4, 0.5) is 10.1 Å². The maximum absolute atomic E-state index is 13.4. The molecule has 4 nitrogen and oxygen atoms in total. The summed E-state index contributed by atoms with van der Waals surface area (Å²) in [6, 6.07) is 3.64. The Labute approximate surface area is 113 Å². The second kappa shape index (κ2) is 5.09. The van der Waals surface area contributed by atoms with Crippen molar-refractivity contribution in [3.05, 3.63) is 24.0 Å². The summed E-state index contributed by atoms with van der Waals surface area (Å²) in [5.41, 5.74) is 5.33. The van der Waals surface area contributed by atoms with Crippen molar-refractivity contribution in [2.24, 2.45) is 11.8 Å². The van der Waals surface area contributed by atoms with Gasteiger partial charge in [0, 0.05) is 13.1 Å². The summed E-state index contributed by atoms with van der Waals surface area (Å²) in [5, 5.41) is 0. The number of benzene rings is 1. The van der Waals surface area contributed by atoms with Gasteiger partial charge in [-0.2, -0.15) is 4.31 Å². The molecule has 0 bridgehead atoms. The van der Waals surface area contributed by atoms with Crippen molar-refractivity contribution in [3.63, 3.8) is 0 Å². The molecule has 0 spiro atoms. The molecule has 2 unspecified atom stereocenters. The second-order valence-corrected chi connectivity index (χ2v) is 7.39. The maximum Gasteiger partial charge on any atom is 0.243 e. The van der Waals surface area contributed by atoms with Gasteiger partial charge in [0.1, 0.15) is 5.82 Å². The lowest BCUT2D eigenvalue weighted by molar-refractivity contribution is 0.222. The first kappa shape index (κ1) is 14.3. The van der Waals surface area contributed by atoms with Gasteiger partial charge in [-0.1, -0.05) is 13.8 Å². The van der Waals surface area contributed by atoms with E-state index in [1.165, 1.54) is 16.4 Å². The third-order valence-corrected chi connectivity index (χ3v) is 5.27. The number of rotatable bonds is 2. The zero-order chi connectivity index (χ0) is 14.2. The van der Waals surface area contributed by atoms with Gasteiger partial charge >= 0.3 is 0 Å². The SMILES string of the molecule is CC1CC(C)CN(S(=O)(=O)c2ccc(N)c(F)c2)C1. The van der Waals surface area contributed by atoms with E-state index in [9.17, 15) is 12.8 Å². The molecule has 6 heteroatoms. The number of nitrogens with zero attached hydrogens (tertiary/aromatic N) is 1. The molecule has 1 fully saturated rings. The number of hydrogen-bond acceptors (Lipinski definition) is 3. The quantitative estimate of drug-likeness (QED) is 0.847. The largest absolute Gasteiger partial charge is 0.396 e. The highest BCUT2D eigenvalue weighted by Gasteiger charge is 2.31. The fourth-order valence-corrected chi connectivity index (χ4v) is 4.31. The van der Waals surface area contributed by atoms with Crippen LogP contribution in [0.15, 0.2) is 23.1 Å². The first-order chi connectivity index (χ1) is 8.80. The van der Waals surface area contributed by atoms with Crippen molar-refractivity contribution < 1.29 is 12.8 Å². The summed E-state index contributed by atoms with van der Waals surface area (Å²) in [6.45, 7) is 5.03. The van der Waals surface area contributed by atoms with Crippen molar-refractivity contribution in [3.8, 4) is 0 Å². The van der Waals surface area contributed by atoms with Gasteiger partial charge in [0.2, 0.25) is 10.0 Å². The van der Waals surface area contributed by atoms with Gasteiger partial charge in [-0.15, -0.1) is 0 Å². The Morgan fingerprint density at radius 1 is 1.26 bits per heavy atom. The zero-order valence-electron chi connectivity index (χ0n) is 11.1. The molecule has 0 amide bonds. The van der Waals surface area contributed by atoms with Gasteiger partial charge in [-0.05, 0) is 36.5 Å². The normalized spacial score (nSPS) is 25.4. The predicted molar refractivity (Wildman–Crippen MR) is 72.5 cm³/mol. The summed E-state index contributed by atoms with van der Waals surface area (Å²) >= 11 is 0. The van der Waals surface area contributed by atoms with Crippen LogP contribution >= 0.6 is 0 Å². The first-order valence-corrected chi connectivity index (χ1v) is 7.80. The van der Waals surface area contributed by atoms with Crippen LogP contribution in [0.3, 0.4) is 0 Å². The van der Waals surface area contributed by atoms with Crippen LogP contribution in [0.25, 0.3) is 0 Å². The van der Waals surface area contributed by atoms with E-state index in [0.717, 1.165) is 12.5 Å². The summed E-state index contributed by atoms with van der Waals surface area (Å²) in [4.78, 5) is -0.0273. The van der Waals surface area contributed by atoms with E-state index in [0.29, 0.717) is 24.9 Å². The van der Waals surface area contributed by atoms with Gasteiger partial charge < -0.3 is 5.73 Å². The minimum Gasteiger partial charge on any atom is -0.396 e. The van der Waals surface area contributed by atoms with E-state index in [1.807, 2.05) is 13.8 Å². The molecule has 1 saturated heterocycles. The third-order valence-electron chi connectivity index (χ3n) is 3.45. The topological polar surface area (TPSA) is 63.4 Å². The predicted octanol–water partition coefficient (Wildman–Crippen LogP) is 2.07. The van der Waals surface area contributed by atoms with E-state index in [4.69, 9.17) is 5.73 Å². The first-order valence-electron chi connectivity index (χ1n) is 6.36. The maximum atomic E-state index is 13.4. The molecule has 0 aliphatic carbocycles. The molecule has 1 aliphatic rings. The molecule has 1 aliphatic heterocycles. The lowest BCUT2D eigenvalue weighted by Crippen LogP contribution is -2.42. The van der Waals surface area contributed by atoms with Gasteiger partial charge in [-0.25, -0.2) is 12.8 Å². The molecule has 1 aromatic rings. The van der Waals surface area contributed by atoms with Crippen LogP contribution in [-0.2, 0) is 10.0 Å². The molecule has 2 atom stereocenters. The van der Waals surface area contributed by atoms with Crippen LogP contribution in [0.5, 0.6) is 0 Å². The van der Waals surface area contributed by atoms with Gasteiger partial charge in [0.25, 0.3) is 0 Å². The Hall–Kier alpha value is -1.14. The highest BCUT2D eigenvalue weighted by Crippen LogP contribution is 2.27. The Morgan fingerprint density at radius 3 is 2.37 bits per heavy atom. The average molecular weight is 286 g/mol. The number of sulfonamides is 1. The van der Waals surface area contributed by atoms with Crippen molar-refractivity contribution in [2.45, 2.75) is 25.2 Å². The molecule has 2 N–H and O–H groups in total. The van der Waals surface area contributed by atoms with Gasteiger partial charge in [0.05, 0.1) is 10.6 Å². The number of nitrogens with two attached hydrogens (primary N) is 1. The van der Waals surface area contributed by atoms with Crippen LogP contribution in [-0.4, -0.2) is 25.8 Å². The second-order valence-electron chi connectivity index (χ2n) is 5.45. The lowest BCUT2D eigenvalue weighted by atomic mass is 9.94. The zero-order valence-corrected chi connectivity index (χ0v) is 12.0. The average Bonchev–Trinajstić information content (AvgIpc) is 2.31. The number of anilines is 1.